The lowest BCUT2D eigenvalue weighted by Crippen LogP contribution is -1.95. The Bertz CT molecular complexity index is 557. The predicted octanol–water partition coefficient (Wildman–Crippen LogP) is 5.08. The topological polar surface area (TPSA) is 9.23 Å². The number of alkyl halides is 1. The third-order valence-electron chi connectivity index (χ3n) is 2.61. The van der Waals surface area contributed by atoms with Crippen molar-refractivity contribution in [1.29, 1.82) is 0 Å². The van der Waals surface area contributed by atoms with Crippen LogP contribution in [0.25, 0.3) is 0 Å². The Labute approximate surface area is 122 Å². The van der Waals surface area contributed by atoms with Gasteiger partial charge in [-0.3, -0.25) is 0 Å². The fraction of sp³-hybridized carbons (Fsp3) is 0.143. The smallest absolute Gasteiger partial charge is 0.165 e. The van der Waals surface area contributed by atoms with Crippen molar-refractivity contribution in [3.05, 3.63) is 63.9 Å². The van der Waals surface area contributed by atoms with Gasteiger partial charge in [-0.05, 0) is 35.4 Å². The van der Waals surface area contributed by atoms with E-state index in [-0.39, 0.29) is 16.4 Å². The van der Waals surface area contributed by atoms with Crippen LogP contribution >= 0.6 is 31.9 Å². The maximum Gasteiger partial charge on any atom is 0.165 e. The minimum Gasteiger partial charge on any atom is -0.494 e. The number of hydrogen-bond donors (Lipinski definition) is 0. The van der Waals surface area contributed by atoms with Crippen LogP contribution in [0.1, 0.15) is 16.0 Å². The van der Waals surface area contributed by atoms with E-state index in [9.17, 15) is 4.39 Å². The van der Waals surface area contributed by atoms with Gasteiger partial charge in [0.1, 0.15) is 0 Å². The average molecular weight is 374 g/mol. The number of methoxy groups -OCH3 is 1. The fourth-order valence-electron chi connectivity index (χ4n) is 1.70. The number of rotatable bonds is 3. The molecular weight excluding hydrogens is 363 g/mol. The lowest BCUT2D eigenvalue weighted by atomic mass is 10.0. The first-order valence-corrected chi connectivity index (χ1v) is 7.05. The summed E-state index contributed by atoms with van der Waals surface area (Å²) in [5.74, 6) is -0.0952. The Morgan fingerprint density at radius 3 is 2.44 bits per heavy atom. The molecule has 0 aliphatic carbocycles. The van der Waals surface area contributed by atoms with Crippen LogP contribution in [-0.2, 0) is 0 Å². The first kappa shape index (κ1) is 13.6. The van der Waals surface area contributed by atoms with E-state index < -0.39 is 0 Å². The summed E-state index contributed by atoms with van der Waals surface area (Å²) in [6.45, 7) is 0. The van der Waals surface area contributed by atoms with Crippen molar-refractivity contribution >= 4 is 31.9 Å². The normalized spacial score (nSPS) is 12.2. The molecule has 4 heteroatoms. The zero-order chi connectivity index (χ0) is 13.1. The molecule has 0 amide bonds. The van der Waals surface area contributed by atoms with Crippen LogP contribution in [0.15, 0.2) is 46.9 Å². The molecule has 1 unspecified atom stereocenters. The summed E-state index contributed by atoms with van der Waals surface area (Å²) in [4.78, 5) is -0.0459. The van der Waals surface area contributed by atoms with Gasteiger partial charge >= 0.3 is 0 Å². The molecule has 0 fully saturated rings. The standard InChI is InChI=1S/C14H11Br2FO/c1-18-13-6-5-10(8-12(13)17)14(16)9-3-2-4-11(15)7-9/h2-8,14H,1H3. The van der Waals surface area contributed by atoms with Gasteiger partial charge in [-0.25, -0.2) is 4.39 Å². The van der Waals surface area contributed by atoms with Crippen LogP contribution in [0.2, 0.25) is 0 Å². The molecule has 0 saturated carbocycles. The van der Waals surface area contributed by atoms with Gasteiger partial charge in [-0.2, -0.15) is 0 Å². The summed E-state index contributed by atoms with van der Waals surface area (Å²) in [5, 5.41) is 0. The average Bonchev–Trinajstić information content (AvgIpc) is 2.37. The summed E-state index contributed by atoms with van der Waals surface area (Å²) in [7, 11) is 1.46. The molecule has 2 rings (SSSR count). The van der Waals surface area contributed by atoms with Crippen molar-refractivity contribution in [2.75, 3.05) is 7.11 Å². The summed E-state index contributed by atoms with van der Waals surface area (Å²) in [6, 6.07) is 12.9. The van der Waals surface area contributed by atoms with Crippen LogP contribution < -0.4 is 4.74 Å². The molecular formula is C14H11Br2FO. The Balaban J connectivity index is 2.34. The van der Waals surface area contributed by atoms with Crippen molar-refractivity contribution in [1.82, 2.24) is 0 Å². The SMILES string of the molecule is COc1ccc(C(Br)c2cccc(Br)c2)cc1F. The van der Waals surface area contributed by atoms with Crippen molar-refractivity contribution in [3.63, 3.8) is 0 Å². The maximum absolute atomic E-state index is 13.7. The monoisotopic (exact) mass is 372 g/mol. The Hall–Kier alpha value is -0.870. The van der Waals surface area contributed by atoms with Crippen molar-refractivity contribution in [3.8, 4) is 5.75 Å². The molecule has 0 bridgehead atoms. The van der Waals surface area contributed by atoms with Gasteiger partial charge < -0.3 is 4.74 Å². The highest BCUT2D eigenvalue weighted by Crippen LogP contribution is 2.33. The van der Waals surface area contributed by atoms with E-state index in [4.69, 9.17) is 4.74 Å². The molecule has 1 atom stereocenters. The molecule has 1 nitrogen and oxygen atoms in total. The highest BCUT2D eigenvalue weighted by molar-refractivity contribution is 9.10. The van der Waals surface area contributed by atoms with Gasteiger partial charge in [0.2, 0.25) is 0 Å². The highest BCUT2D eigenvalue weighted by atomic mass is 79.9. The Morgan fingerprint density at radius 2 is 1.83 bits per heavy atom. The minimum absolute atomic E-state index is 0.0459. The second-order valence-corrected chi connectivity index (χ2v) is 5.64. The lowest BCUT2D eigenvalue weighted by Gasteiger charge is -2.12. The Morgan fingerprint density at radius 1 is 1.11 bits per heavy atom. The predicted molar refractivity (Wildman–Crippen MR) is 77.9 cm³/mol. The van der Waals surface area contributed by atoms with Gasteiger partial charge in [0, 0.05) is 4.47 Å². The molecule has 0 radical (unpaired) electrons. The molecule has 0 heterocycles. The summed E-state index contributed by atoms with van der Waals surface area (Å²) in [6.07, 6.45) is 0. The number of ether oxygens (including phenoxy) is 1. The molecule has 18 heavy (non-hydrogen) atoms. The third-order valence-corrected chi connectivity index (χ3v) is 4.16. The van der Waals surface area contributed by atoms with Gasteiger partial charge in [-0.1, -0.05) is 50.1 Å². The first-order chi connectivity index (χ1) is 8.61. The molecule has 94 valence electrons. The van der Waals surface area contributed by atoms with E-state index in [1.807, 2.05) is 30.3 Å². The van der Waals surface area contributed by atoms with E-state index in [1.165, 1.54) is 13.2 Å². The van der Waals surface area contributed by atoms with Crippen LogP contribution in [-0.4, -0.2) is 7.11 Å². The van der Waals surface area contributed by atoms with Crippen LogP contribution in [0.3, 0.4) is 0 Å². The van der Waals surface area contributed by atoms with Crippen LogP contribution in [0.4, 0.5) is 4.39 Å². The van der Waals surface area contributed by atoms with E-state index in [0.29, 0.717) is 0 Å². The van der Waals surface area contributed by atoms with Gasteiger partial charge in [0.15, 0.2) is 11.6 Å². The van der Waals surface area contributed by atoms with Crippen molar-refractivity contribution in [2.45, 2.75) is 4.83 Å². The summed E-state index contributed by atoms with van der Waals surface area (Å²) >= 11 is 7.01. The first-order valence-electron chi connectivity index (χ1n) is 5.35. The number of halogens is 3. The zero-order valence-electron chi connectivity index (χ0n) is 9.66. The molecule has 2 aromatic rings. The third kappa shape index (κ3) is 2.93. The van der Waals surface area contributed by atoms with Gasteiger partial charge in [-0.15, -0.1) is 0 Å². The van der Waals surface area contributed by atoms with Crippen LogP contribution in [0, 0.1) is 5.82 Å². The van der Waals surface area contributed by atoms with Crippen LogP contribution in [0.5, 0.6) is 5.75 Å². The largest absolute Gasteiger partial charge is 0.494 e. The van der Waals surface area contributed by atoms with Gasteiger partial charge in [0.25, 0.3) is 0 Å². The molecule has 0 N–H and O–H groups in total. The summed E-state index contributed by atoms with van der Waals surface area (Å²) in [5.41, 5.74) is 1.92. The molecule has 0 spiro atoms. The molecule has 2 aromatic carbocycles. The second-order valence-electron chi connectivity index (χ2n) is 3.81. The van der Waals surface area contributed by atoms with E-state index in [0.717, 1.165) is 15.6 Å². The Kier molecular flexibility index (Phi) is 4.40. The minimum atomic E-state index is -0.352. The molecule has 0 aliphatic rings. The van der Waals surface area contributed by atoms with E-state index in [1.54, 1.807) is 6.07 Å². The molecule has 0 saturated heterocycles. The van der Waals surface area contributed by atoms with E-state index in [2.05, 4.69) is 31.9 Å². The van der Waals surface area contributed by atoms with Crippen molar-refractivity contribution in [2.24, 2.45) is 0 Å². The number of hydrogen-bond acceptors (Lipinski definition) is 1. The number of benzene rings is 2. The lowest BCUT2D eigenvalue weighted by molar-refractivity contribution is 0.386. The van der Waals surface area contributed by atoms with Crippen molar-refractivity contribution < 1.29 is 9.13 Å². The van der Waals surface area contributed by atoms with Gasteiger partial charge in [0.05, 0.1) is 11.9 Å². The molecule has 0 aromatic heterocycles. The second kappa shape index (κ2) is 5.85. The zero-order valence-corrected chi connectivity index (χ0v) is 12.8. The molecule has 0 aliphatic heterocycles. The van der Waals surface area contributed by atoms with E-state index >= 15 is 0 Å². The quantitative estimate of drug-likeness (QED) is 0.681. The highest BCUT2D eigenvalue weighted by Gasteiger charge is 2.13. The summed E-state index contributed by atoms with van der Waals surface area (Å²) < 4.78 is 19.6. The maximum atomic E-state index is 13.7. The fourth-order valence-corrected chi connectivity index (χ4v) is 2.68.